The Labute approximate surface area is 226 Å². The predicted molar refractivity (Wildman–Crippen MR) is 150 cm³/mol. The molecule has 0 spiro atoms. The molecule has 7 rings (SSSR count). The van der Waals surface area contributed by atoms with Crippen molar-refractivity contribution in [3.63, 3.8) is 0 Å². The number of nitro groups is 1. The first-order chi connectivity index (χ1) is 19.1. The molecule has 0 N–H and O–H groups in total. The summed E-state index contributed by atoms with van der Waals surface area (Å²) in [6.45, 7) is 0. The van der Waals surface area contributed by atoms with Crippen molar-refractivity contribution in [2.24, 2.45) is 4.99 Å². The third-order valence-corrected chi connectivity index (χ3v) is 8.24. The van der Waals surface area contributed by atoms with Gasteiger partial charge in [0.1, 0.15) is 11.5 Å². The third-order valence-electron chi connectivity index (χ3n) is 7.25. The zero-order valence-corrected chi connectivity index (χ0v) is 21.4. The van der Waals surface area contributed by atoms with Crippen LogP contribution in [0.3, 0.4) is 0 Å². The summed E-state index contributed by atoms with van der Waals surface area (Å²) in [5, 5.41) is 11.5. The lowest BCUT2D eigenvalue weighted by Crippen LogP contribution is -2.38. The van der Waals surface area contributed by atoms with Crippen LogP contribution in [-0.4, -0.2) is 9.49 Å². The lowest BCUT2D eigenvalue weighted by atomic mass is 9.83. The molecule has 0 unspecified atom stereocenters. The van der Waals surface area contributed by atoms with Crippen molar-refractivity contribution in [1.82, 2.24) is 4.57 Å². The molecule has 39 heavy (non-hydrogen) atoms. The Morgan fingerprint density at radius 1 is 0.923 bits per heavy atom. The quantitative estimate of drug-likeness (QED) is 0.227. The summed E-state index contributed by atoms with van der Waals surface area (Å²) in [4.78, 5) is 30.6. The van der Waals surface area contributed by atoms with Crippen molar-refractivity contribution >= 4 is 28.8 Å². The van der Waals surface area contributed by atoms with Crippen LogP contribution in [0, 0.1) is 10.1 Å². The Hall–Kier alpha value is -4.82. The summed E-state index contributed by atoms with van der Waals surface area (Å²) in [6.07, 6.45) is 3.43. The molecule has 0 bridgehead atoms. The van der Waals surface area contributed by atoms with Crippen molar-refractivity contribution in [1.29, 1.82) is 0 Å². The maximum absolute atomic E-state index is 13.9. The number of nitrogens with zero attached hydrogens (tertiary/aromatic N) is 3. The second-order valence-corrected chi connectivity index (χ2v) is 10.5. The molecular weight excluding hydrogens is 510 g/mol. The van der Waals surface area contributed by atoms with Gasteiger partial charge in [-0.25, -0.2) is 4.99 Å². The number of nitro benzene ring substituents is 1. The van der Waals surface area contributed by atoms with Gasteiger partial charge in [0.05, 0.1) is 26.8 Å². The molecule has 0 amide bonds. The molecule has 8 heteroatoms. The van der Waals surface area contributed by atoms with Crippen LogP contribution in [-0.2, 0) is 6.42 Å². The zero-order valence-electron chi connectivity index (χ0n) is 20.6. The van der Waals surface area contributed by atoms with E-state index in [2.05, 4.69) is 30.3 Å². The largest absolute Gasteiger partial charge is 0.456 e. The van der Waals surface area contributed by atoms with E-state index in [1.54, 1.807) is 41.0 Å². The molecule has 3 aromatic carbocycles. The number of aryl methyl sites for hydroxylation is 1. The van der Waals surface area contributed by atoms with Gasteiger partial charge in [0.25, 0.3) is 11.2 Å². The maximum atomic E-state index is 13.9. The van der Waals surface area contributed by atoms with Gasteiger partial charge in [-0.3, -0.25) is 19.5 Å². The molecule has 0 fully saturated rings. The molecule has 5 aromatic rings. The summed E-state index contributed by atoms with van der Waals surface area (Å²) < 4.78 is 8.25. The minimum atomic E-state index is -0.431. The van der Waals surface area contributed by atoms with E-state index < -0.39 is 4.92 Å². The molecule has 0 saturated carbocycles. The van der Waals surface area contributed by atoms with E-state index in [0.717, 1.165) is 35.2 Å². The first-order valence-corrected chi connectivity index (χ1v) is 13.4. The van der Waals surface area contributed by atoms with Gasteiger partial charge in [-0.2, -0.15) is 0 Å². The van der Waals surface area contributed by atoms with Crippen molar-refractivity contribution < 1.29 is 9.34 Å². The van der Waals surface area contributed by atoms with Crippen LogP contribution in [0.4, 0.5) is 5.69 Å². The van der Waals surface area contributed by atoms with Crippen molar-refractivity contribution in [2.45, 2.75) is 18.9 Å². The molecule has 1 aliphatic carbocycles. The molecule has 1 aliphatic heterocycles. The number of hydrogen-bond acceptors (Lipinski definition) is 6. The predicted octanol–water partition coefficient (Wildman–Crippen LogP) is 5.49. The highest BCUT2D eigenvalue weighted by molar-refractivity contribution is 7.07. The number of furan rings is 1. The summed E-state index contributed by atoms with van der Waals surface area (Å²) in [7, 11) is 0. The Kier molecular flexibility index (Phi) is 5.49. The Balaban J connectivity index is 1.39. The zero-order chi connectivity index (χ0) is 26.5. The number of aromatic nitrogens is 1. The fourth-order valence-corrected chi connectivity index (χ4v) is 6.48. The van der Waals surface area contributed by atoms with Crippen molar-refractivity contribution in [2.75, 3.05) is 0 Å². The SMILES string of the molecule is O=c1/c(=C/c2ccc(-c3ccccc3[N+](=O)[O-])o2)sc2n1[C@@H](c1ccccc1)C1=C(N=2)c2ccccc2CC1. The second kappa shape index (κ2) is 9.18. The number of rotatable bonds is 4. The summed E-state index contributed by atoms with van der Waals surface area (Å²) in [5.41, 5.74) is 5.75. The molecular formula is C31H21N3O4S. The van der Waals surface area contributed by atoms with E-state index in [-0.39, 0.29) is 17.3 Å². The van der Waals surface area contributed by atoms with Crippen LogP contribution in [0.5, 0.6) is 0 Å². The number of allylic oxidation sites excluding steroid dienone is 1. The van der Waals surface area contributed by atoms with Gasteiger partial charge in [0.15, 0.2) is 4.80 Å². The fraction of sp³-hybridized carbons (Fsp3) is 0.0968. The molecule has 7 nitrogen and oxygen atoms in total. The van der Waals surface area contributed by atoms with E-state index in [0.29, 0.717) is 26.4 Å². The molecule has 1 atom stereocenters. The summed E-state index contributed by atoms with van der Waals surface area (Å²) in [6, 6.07) is 28.0. The van der Waals surface area contributed by atoms with Crippen LogP contribution >= 0.6 is 11.3 Å². The smallest absolute Gasteiger partial charge is 0.280 e. The minimum Gasteiger partial charge on any atom is -0.456 e. The number of para-hydroxylation sites is 1. The average Bonchev–Trinajstić information content (AvgIpc) is 3.56. The van der Waals surface area contributed by atoms with Crippen LogP contribution in [0.25, 0.3) is 23.1 Å². The molecule has 0 radical (unpaired) electrons. The maximum Gasteiger partial charge on any atom is 0.280 e. The van der Waals surface area contributed by atoms with Crippen molar-refractivity contribution in [3.05, 3.63) is 149 Å². The average molecular weight is 532 g/mol. The van der Waals surface area contributed by atoms with Gasteiger partial charge in [0.2, 0.25) is 0 Å². The number of benzene rings is 3. The van der Waals surface area contributed by atoms with E-state index in [1.807, 2.05) is 24.3 Å². The van der Waals surface area contributed by atoms with Gasteiger partial charge in [0, 0.05) is 17.7 Å². The first kappa shape index (κ1) is 23.3. The highest BCUT2D eigenvalue weighted by Crippen LogP contribution is 2.41. The Bertz CT molecular complexity index is 1980. The van der Waals surface area contributed by atoms with E-state index in [4.69, 9.17) is 9.41 Å². The van der Waals surface area contributed by atoms with E-state index in [1.165, 1.54) is 23.0 Å². The standard InChI is InChI=1S/C31H21N3O4S/c35-30-27(18-21-15-17-26(38-21)23-12-6-7-13-25(23)34(36)37)39-31-32-28-22-11-5-4-8-19(22)14-16-24(28)29(33(30)31)20-9-2-1-3-10-20/h1-13,15,17-18,29H,14,16H2/b27-18-/t29-/m0/s1. The van der Waals surface area contributed by atoms with E-state index in [9.17, 15) is 14.9 Å². The number of thiazole rings is 1. The molecule has 190 valence electrons. The molecule has 0 saturated heterocycles. The third kappa shape index (κ3) is 3.88. The Morgan fingerprint density at radius 2 is 1.67 bits per heavy atom. The fourth-order valence-electron chi connectivity index (χ4n) is 5.50. The van der Waals surface area contributed by atoms with Gasteiger partial charge in [-0.05, 0) is 47.7 Å². The Morgan fingerprint density at radius 3 is 2.49 bits per heavy atom. The second-order valence-electron chi connectivity index (χ2n) is 9.50. The normalized spacial score (nSPS) is 16.3. The molecule has 2 aromatic heterocycles. The summed E-state index contributed by atoms with van der Waals surface area (Å²) in [5.74, 6) is 0.814. The van der Waals surface area contributed by atoms with E-state index >= 15 is 0 Å². The molecule has 2 aliphatic rings. The van der Waals surface area contributed by atoms with Crippen molar-refractivity contribution in [3.8, 4) is 11.3 Å². The number of fused-ring (bicyclic) bond motifs is 3. The highest BCUT2D eigenvalue weighted by atomic mass is 32.1. The van der Waals surface area contributed by atoms with Gasteiger partial charge in [-0.1, -0.05) is 78.1 Å². The summed E-state index contributed by atoms with van der Waals surface area (Å²) >= 11 is 1.32. The number of hydrogen-bond donors (Lipinski definition) is 0. The monoisotopic (exact) mass is 531 g/mol. The van der Waals surface area contributed by atoms with Gasteiger partial charge >= 0.3 is 0 Å². The topological polar surface area (TPSA) is 90.6 Å². The van der Waals surface area contributed by atoms with Crippen LogP contribution in [0.2, 0.25) is 0 Å². The van der Waals surface area contributed by atoms with Crippen LogP contribution in [0.1, 0.15) is 34.9 Å². The molecule has 3 heterocycles. The van der Waals surface area contributed by atoms with Crippen LogP contribution in [0.15, 0.2) is 111 Å². The first-order valence-electron chi connectivity index (χ1n) is 12.6. The minimum absolute atomic E-state index is 0.0357. The lowest BCUT2D eigenvalue weighted by molar-refractivity contribution is -0.384. The lowest BCUT2D eigenvalue weighted by Gasteiger charge is -2.30. The highest BCUT2D eigenvalue weighted by Gasteiger charge is 2.32. The van der Waals surface area contributed by atoms with Gasteiger partial charge in [-0.15, -0.1) is 0 Å². The van der Waals surface area contributed by atoms with Crippen LogP contribution < -0.4 is 14.9 Å². The van der Waals surface area contributed by atoms with Gasteiger partial charge < -0.3 is 4.42 Å².